The minimum absolute atomic E-state index is 0.289. The van der Waals surface area contributed by atoms with Crippen molar-refractivity contribution < 1.29 is 9.59 Å². The van der Waals surface area contributed by atoms with E-state index in [0.29, 0.717) is 37.9 Å². The fourth-order valence-electron chi connectivity index (χ4n) is 3.92. The molecule has 0 aliphatic heterocycles. The van der Waals surface area contributed by atoms with Crippen LogP contribution in [0.1, 0.15) is 45.0 Å². The zero-order valence-corrected chi connectivity index (χ0v) is 22.3. The molecule has 2 aromatic carbocycles. The molecule has 5 rings (SSSR count). The highest BCUT2D eigenvalue weighted by atomic mass is 32.1. The van der Waals surface area contributed by atoms with E-state index in [2.05, 4.69) is 31.7 Å². The summed E-state index contributed by atoms with van der Waals surface area (Å²) < 4.78 is 0. The number of nitrogens with zero attached hydrogens (tertiary/aromatic N) is 4. The van der Waals surface area contributed by atoms with Gasteiger partial charge in [0, 0.05) is 34.9 Å². The largest absolute Gasteiger partial charge is 0.322 e. The van der Waals surface area contributed by atoms with E-state index in [1.54, 1.807) is 55.0 Å². The first-order valence-electron chi connectivity index (χ1n) is 12.2. The van der Waals surface area contributed by atoms with Crippen molar-refractivity contribution >= 4 is 44.9 Å². The number of rotatable bonds is 6. The van der Waals surface area contributed by atoms with Crippen molar-refractivity contribution in [2.24, 2.45) is 0 Å². The Morgan fingerprint density at radius 1 is 0.974 bits per heavy atom. The highest BCUT2D eigenvalue weighted by Crippen LogP contribution is 2.28. The molecule has 0 unspecified atom stereocenters. The van der Waals surface area contributed by atoms with Crippen molar-refractivity contribution in [2.75, 3.05) is 10.6 Å². The molecule has 0 aliphatic rings. The number of hydrogen-bond acceptors (Lipinski definition) is 7. The molecule has 0 atom stereocenters. The Morgan fingerprint density at radius 2 is 1.77 bits per heavy atom. The monoisotopic (exact) mass is 532 g/mol. The highest BCUT2D eigenvalue weighted by Gasteiger charge is 2.21. The van der Waals surface area contributed by atoms with Crippen LogP contribution in [-0.4, -0.2) is 26.8 Å². The molecule has 3 heterocycles. The zero-order chi connectivity index (χ0) is 27.6. The van der Waals surface area contributed by atoms with Gasteiger partial charge in [0.2, 0.25) is 0 Å². The SMILES string of the molecule is Cc1ccc(NC(=O)c2cccc(C(C)(C)C#N)c2)cc1NC(=O)c1cc2ncc(-c3ccncc3)nc2s1. The first-order chi connectivity index (χ1) is 18.7. The van der Waals surface area contributed by atoms with Gasteiger partial charge in [0.1, 0.15) is 10.3 Å². The second-order valence-electron chi connectivity index (χ2n) is 9.55. The second kappa shape index (κ2) is 10.4. The second-order valence-corrected chi connectivity index (χ2v) is 10.6. The molecule has 3 aromatic heterocycles. The van der Waals surface area contributed by atoms with Crippen molar-refractivity contribution in [3.63, 3.8) is 0 Å². The number of benzene rings is 2. The van der Waals surface area contributed by atoms with E-state index in [1.807, 2.05) is 45.0 Å². The molecule has 39 heavy (non-hydrogen) atoms. The Morgan fingerprint density at radius 3 is 2.54 bits per heavy atom. The summed E-state index contributed by atoms with van der Waals surface area (Å²) >= 11 is 1.26. The van der Waals surface area contributed by atoms with Gasteiger partial charge in [-0.05, 0) is 74.4 Å². The third kappa shape index (κ3) is 5.51. The third-order valence-electron chi connectivity index (χ3n) is 6.31. The molecule has 0 saturated heterocycles. The van der Waals surface area contributed by atoms with Crippen LogP contribution < -0.4 is 10.6 Å². The number of nitriles is 1. The Bertz CT molecular complexity index is 1750. The summed E-state index contributed by atoms with van der Waals surface area (Å²) in [7, 11) is 0. The number of aromatic nitrogens is 3. The molecule has 0 fully saturated rings. The summed E-state index contributed by atoms with van der Waals surface area (Å²) in [5.74, 6) is -0.596. The van der Waals surface area contributed by atoms with Gasteiger partial charge < -0.3 is 10.6 Å². The summed E-state index contributed by atoms with van der Waals surface area (Å²) in [6.45, 7) is 5.49. The number of carbonyl (C=O) groups is 2. The maximum Gasteiger partial charge on any atom is 0.265 e. The fourth-order valence-corrected chi connectivity index (χ4v) is 4.81. The number of aryl methyl sites for hydroxylation is 1. The van der Waals surface area contributed by atoms with Gasteiger partial charge in [-0.1, -0.05) is 18.2 Å². The first-order valence-corrected chi connectivity index (χ1v) is 13.0. The van der Waals surface area contributed by atoms with E-state index < -0.39 is 5.41 Å². The van der Waals surface area contributed by atoms with Crippen LogP contribution in [0, 0.1) is 18.3 Å². The van der Waals surface area contributed by atoms with Crippen LogP contribution in [-0.2, 0) is 5.41 Å². The van der Waals surface area contributed by atoms with Crippen LogP contribution in [0.25, 0.3) is 21.6 Å². The van der Waals surface area contributed by atoms with Gasteiger partial charge in [-0.25, -0.2) is 4.98 Å². The maximum absolute atomic E-state index is 13.1. The molecular formula is C30H24N6O2S. The number of fused-ring (bicyclic) bond motifs is 1. The first kappa shape index (κ1) is 25.7. The summed E-state index contributed by atoms with van der Waals surface area (Å²) in [6.07, 6.45) is 5.07. The van der Waals surface area contributed by atoms with Crippen LogP contribution >= 0.6 is 11.3 Å². The Hall–Kier alpha value is -4.94. The van der Waals surface area contributed by atoms with Crippen molar-refractivity contribution in [3.05, 3.63) is 101 Å². The minimum atomic E-state index is -0.712. The Balaban J connectivity index is 1.33. The normalized spacial score (nSPS) is 11.1. The Labute approximate surface area is 229 Å². The molecule has 0 bridgehead atoms. The number of pyridine rings is 1. The number of anilines is 2. The van der Waals surface area contributed by atoms with Crippen molar-refractivity contribution in [3.8, 4) is 17.3 Å². The van der Waals surface area contributed by atoms with E-state index in [0.717, 1.165) is 16.7 Å². The van der Waals surface area contributed by atoms with Gasteiger partial charge in [0.15, 0.2) is 0 Å². The molecule has 0 aliphatic carbocycles. The summed E-state index contributed by atoms with van der Waals surface area (Å²) in [5, 5.41) is 15.3. The number of amides is 2. The van der Waals surface area contributed by atoms with E-state index in [4.69, 9.17) is 0 Å². The average molecular weight is 533 g/mol. The third-order valence-corrected chi connectivity index (χ3v) is 7.33. The molecule has 0 radical (unpaired) electrons. The molecule has 9 heteroatoms. The van der Waals surface area contributed by atoms with E-state index >= 15 is 0 Å². The average Bonchev–Trinajstić information content (AvgIpc) is 3.39. The zero-order valence-electron chi connectivity index (χ0n) is 21.5. The lowest BCUT2D eigenvalue weighted by Gasteiger charge is -2.16. The lowest BCUT2D eigenvalue weighted by molar-refractivity contribution is 0.102. The fraction of sp³-hybridized carbons (Fsp3) is 0.133. The molecule has 8 nitrogen and oxygen atoms in total. The minimum Gasteiger partial charge on any atom is -0.322 e. The van der Waals surface area contributed by atoms with E-state index in [9.17, 15) is 14.9 Å². The maximum atomic E-state index is 13.1. The molecular weight excluding hydrogens is 508 g/mol. The van der Waals surface area contributed by atoms with Crippen LogP contribution in [0.2, 0.25) is 0 Å². The van der Waals surface area contributed by atoms with Crippen molar-refractivity contribution in [1.82, 2.24) is 15.0 Å². The van der Waals surface area contributed by atoms with Gasteiger partial charge in [-0.2, -0.15) is 5.26 Å². The molecule has 0 spiro atoms. The van der Waals surface area contributed by atoms with Crippen LogP contribution in [0.5, 0.6) is 0 Å². The number of carbonyl (C=O) groups excluding carboxylic acids is 2. The number of nitrogens with one attached hydrogen (secondary N) is 2. The van der Waals surface area contributed by atoms with Gasteiger partial charge in [0.25, 0.3) is 11.8 Å². The predicted octanol–water partition coefficient (Wildman–Crippen LogP) is 6.37. The molecule has 2 amide bonds. The predicted molar refractivity (Wildman–Crippen MR) is 153 cm³/mol. The number of hydrogen-bond donors (Lipinski definition) is 2. The van der Waals surface area contributed by atoms with Crippen molar-refractivity contribution in [1.29, 1.82) is 5.26 Å². The molecule has 2 N–H and O–H groups in total. The van der Waals surface area contributed by atoms with Crippen LogP contribution in [0.3, 0.4) is 0 Å². The summed E-state index contributed by atoms with van der Waals surface area (Å²) in [4.78, 5) is 40.4. The lowest BCUT2D eigenvalue weighted by atomic mass is 9.85. The molecule has 5 aromatic rings. The standard InChI is InChI=1S/C30H24N6O2S/c1-18-7-8-22(34-27(37)20-5-4-6-21(13-20)30(2,3)17-31)14-23(18)35-28(38)26-15-24-29(39-26)36-25(16-33-24)19-9-11-32-12-10-19/h4-16H,1-3H3,(H,34,37)(H,35,38). The van der Waals surface area contributed by atoms with Gasteiger partial charge in [-0.3, -0.25) is 19.6 Å². The van der Waals surface area contributed by atoms with E-state index in [1.165, 1.54) is 11.3 Å². The van der Waals surface area contributed by atoms with E-state index in [-0.39, 0.29) is 11.8 Å². The van der Waals surface area contributed by atoms with Gasteiger partial charge in [-0.15, -0.1) is 11.3 Å². The molecule has 0 saturated carbocycles. The Kier molecular flexibility index (Phi) is 6.88. The van der Waals surface area contributed by atoms with Crippen molar-refractivity contribution in [2.45, 2.75) is 26.2 Å². The summed E-state index contributed by atoms with van der Waals surface area (Å²) in [5.41, 5.74) is 4.69. The van der Waals surface area contributed by atoms with Crippen LogP contribution in [0.4, 0.5) is 11.4 Å². The number of thiophene rings is 1. The lowest BCUT2D eigenvalue weighted by Crippen LogP contribution is -2.17. The summed E-state index contributed by atoms with van der Waals surface area (Å²) in [6, 6.07) is 20.0. The highest BCUT2D eigenvalue weighted by molar-refractivity contribution is 7.20. The van der Waals surface area contributed by atoms with Crippen LogP contribution in [0.15, 0.2) is 79.3 Å². The topological polar surface area (TPSA) is 121 Å². The van der Waals surface area contributed by atoms with Gasteiger partial charge in [0.05, 0.1) is 28.3 Å². The quantitative estimate of drug-likeness (QED) is 0.262. The van der Waals surface area contributed by atoms with Gasteiger partial charge >= 0.3 is 0 Å². The molecule has 192 valence electrons. The smallest absolute Gasteiger partial charge is 0.265 e.